The molecule has 11 aromatic rings. The Morgan fingerprint density at radius 1 is 0.380 bits per heavy atom. The second kappa shape index (κ2) is 10.4. The van der Waals surface area contributed by atoms with Crippen LogP contribution in [0.15, 0.2) is 179 Å². The molecule has 3 heterocycles. The van der Waals surface area contributed by atoms with Crippen molar-refractivity contribution in [2.24, 2.45) is 0 Å². The van der Waals surface area contributed by atoms with Crippen LogP contribution >= 0.6 is 0 Å². The Morgan fingerprint density at radius 3 is 1.74 bits per heavy atom. The van der Waals surface area contributed by atoms with E-state index in [0.29, 0.717) is 0 Å². The second-order valence-electron chi connectivity index (χ2n) is 12.9. The van der Waals surface area contributed by atoms with Gasteiger partial charge in [0.1, 0.15) is 22.3 Å². The Hall–Kier alpha value is -6.78. The molecule has 4 nitrogen and oxygen atoms in total. The minimum absolute atomic E-state index is 0.845. The van der Waals surface area contributed by atoms with Crippen molar-refractivity contribution in [3.8, 4) is 5.69 Å². The smallest absolute Gasteiger partial charge is 0.137 e. The van der Waals surface area contributed by atoms with Crippen molar-refractivity contribution in [3.63, 3.8) is 0 Å². The minimum Gasteiger partial charge on any atom is -0.456 e. The Labute approximate surface area is 286 Å². The second-order valence-corrected chi connectivity index (χ2v) is 12.9. The number of aromatic nitrogens is 1. The largest absolute Gasteiger partial charge is 0.456 e. The van der Waals surface area contributed by atoms with Crippen molar-refractivity contribution < 1.29 is 8.83 Å². The Kier molecular flexibility index (Phi) is 5.63. The number of rotatable bonds is 4. The van der Waals surface area contributed by atoms with Crippen LogP contribution in [0, 0.1) is 0 Å². The van der Waals surface area contributed by atoms with E-state index in [9.17, 15) is 0 Å². The van der Waals surface area contributed by atoms with E-state index in [1.165, 1.54) is 16.2 Å². The number of fused-ring (bicyclic) bond motifs is 10. The van der Waals surface area contributed by atoms with E-state index in [2.05, 4.69) is 167 Å². The first-order valence-electron chi connectivity index (χ1n) is 16.9. The van der Waals surface area contributed by atoms with Crippen molar-refractivity contribution in [1.29, 1.82) is 0 Å². The highest BCUT2D eigenvalue weighted by Gasteiger charge is 2.26. The van der Waals surface area contributed by atoms with E-state index >= 15 is 0 Å². The lowest BCUT2D eigenvalue weighted by atomic mass is 10.0. The Bertz CT molecular complexity index is 3110. The summed E-state index contributed by atoms with van der Waals surface area (Å²) in [6, 6.07) is 60.1. The van der Waals surface area contributed by atoms with E-state index in [1.807, 2.05) is 12.1 Å². The standard InChI is InChI=1S/C46H28N2O2/c1-2-15-31(16-3-1)47-36-20-8-6-17-32(36)33-19-10-23-39(46(33)47)48(37-21-11-25-41-44(37)34-18-7-9-24-40(34)49-41)38-22-12-26-42-45(38)35-27-29-13-4-5-14-30(29)28-43(35)50-42/h1-28H. The molecule has 0 aliphatic heterocycles. The van der Waals surface area contributed by atoms with Gasteiger partial charge in [-0.15, -0.1) is 0 Å². The molecule has 0 aliphatic carbocycles. The molecule has 4 heteroatoms. The monoisotopic (exact) mass is 640 g/mol. The van der Waals surface area contributed by atoms with Gasteiger partial charge in [-0.2, -0.15) is 0 Å². The number of hydrogen-bond acceptors (Lipinski definition) is 3. The van der Waals surface area contributed by atoms with Gasteiger partial charge >= 0.3 is 0 Å². The summed E-state index contributed by atoms with van der Waals surface area (Å²) in [4.78, 5) is 2.43. The summed E-state index contributed by atoms with van der Waals surface area (Å²) in [6.07, 6.45) is 0. The molecule has 234 valence electrons. The lowest BCUT2D eigenvalue weighted by molar-refractivity contribution is 0.669. The average Bonchev–Trinajstić information content (AvgIpc) is 3.84. The van der Waals surface area contributed by atoms with Gasteiger partial charge in [-0.3, -0.25) is 0 Å². The molecule has 8 aromatic carbocycles. The Morgan fingerprint density at radius 2 is 0.940 bits per heavy atom. The highest BCUT2D eigenvalue weighted by molar-refractivity contribution is 6.22. The zero-order valence-corrected chi connectivity index (χ0v) is 26.9. The minimum atomic E-state index is 0.845. The number of anilines is 3. The summed E-state index contributed by atoms with van der Waals surface area (Å²) in [6.45, 7) is 0. The zero-order valence-electron chi connectivity index (χ0n) is 26.9. The van der Waals surface area contributed by atoms with Crippen LogP contribution in [0.3, 0.4) is 0 Å². The molecular formula is C46H28N2O2. The summed E-state index contributed by atoms with van der Waals surface area (Å²) >= 11 is 0. The van der Waals surface area contributed by atoms with Gasteiger partial charge in [0, 0.05) is 27.2 Å². The van der Waals surface area contributed by atoms with E-state index in [4.69, 9.17) is 8.83 Å². The van der Waals surface area contributed by atoms with Crippen LogP contribution in [0.1, 0.15) is 0 Å². The highest BCUT2D eigenvalue weighted by atomic mass is 16.3. The number of nitrogens with zero attached hydrogens (tertiary/aromatic N) is 2. The van der Waals surface area contributed by atoms with Gasteiger partial charge in [0.2, 0.25) is 0 Å². The molecule has 0 aliphatic rings. The maximum absolute atomic E-state index is 6.64. The van der Waals surface area contributed by atoms with E-state index < -0.39 is 0 Å². The van der Waals surface area contributed by atoms with Gasteiger partial charge in [0.05, 0.1) is 38.9 Å². The van der Waals surface area contributed by atoms with Gasteiger partial charge in [0.25, 0.3) is 0 Å². The molecule has 0 N–H and O–H groups in total. The SMILES string of the molecule is c1ccc(-n2c3ccccc3c3cccc(N(c4cccc5oc6ccccc6c45)c4cccc5oc6cc7ccccc7cc6c45)c32)cc1. The fourth-order valence-electron chi connectivity index (χ4n) is 8.04. The quantitative estimate of drug-likeness (QED) is 0.192. The topological polar surface area (TPSA) is 34.5 Å². The van der Waals surface area contributed by atoms with Crippen LogP contribution < -0.4 is 4.90 Å². The molecule has 0 spiro atoms. The zero-order chi connectivity index (χ0) is 32.8. The fourth-order valence-corrected chi connectivity index (χ4v) is 8.04. The molecule has 0 amide bonds. The molecule has 0 radical (unpaired) electrons. The van der Waals surface area contributed by atoms with E-state index in [-0.39, 0.29) is 0 Å². The first-order valence-corrected chi connectivity index (χ1v) is 16.9. The molecule has 0 saturated heterocycles. The summed E-state index contributed by atoms with van der Waals surface area (Å²) in [7, 11) is 0. The van der Waals surface area contributed by atoms with Crippen molar-refractivity contribution >= 4 is 93.5 Å². The van der Waals surface area contributed by atoms with Gasteiger partial charge in [-0.1, -0.05) is 103 Å². The predicted molar refractivity (Wildman–Crippen MR) is 208 cm³/mol. The number of benzene rings is 8. The van der Waals surface area contributed by atoms with Gasteiger partial charge < -0.3 is 18.3 Å². The highest BCUT2D eigenvalue weighted by Crippen LogP contribution is 2.50. The molecule has 0 bridgehead atoms. The molecule has 50 heavy (non-hydrogen) atoms. The van der Waals surface area contributed by atoms with Crippen LogP contribution in [0.25, 0.3) is 82.1 Å². The predicted octanol–water partition coefficient (Wildman–Crippen LogP) is 13.2. The van der Waals surface area contributed by atoms with Gasteiger partial charge in [0.15, 0.2) is 0 Å². The molecule has 0 unspecified atom stereocenters. The Balaban J connectivity index is 1.33. The van der Waals surface area contributed by atoms with Crippen LogP contribution in [-0.4, -0.2) is 4.57 Å². The van der Waals surface area contributed by atoms with Crippen molar-refractivity contribution in [3.05, 3.63) is 170 Å². The molecular weight excluding hydrogens is 613 g/mol. The van der Waals surface area contributed by atoms with E-state index in [0.717, 1.165) is 83.0 Å². The molecule has 11 rings (SSSR count). The number of para-hydroxylation sites is 4. The third kappa shape index (κ3) is 3.81. The lowest BCUT2D eigenvalue weighted by Crippen LogP contribution is -2.12. The van der Waals surface area contributed by atoms with Gasteiger partial charge in [-0.05, 0) is 77.5 Å². The third-order valence-electron chi connectivity index (χ3n) is 10.1. The summed E-state index contributed by atoms with van der Waals surface area (Å²) in [5.74, 6) is 0. The first kappa shape index (κ1) is 27.2. The normalized spacial score (nSPS) is 12.0. The van der Waals surface area contributed by atoms with Crippen LogP contribution in [-0.2, 0) is 0 Å². The van der Waals surface area contributed by atoms with E-state index in [1.54, 1.807) is 0 Å². The van der Waals surface area contributed by atoms with Crippen LogP contribution in [0.5, 0.6) is 0 Å². The summed E-state index contributed by atoms with van der Waals surface area (Å²) < 4.78 is 15.5. The maximum Gasteiger partial charge on any atom is 0.137 e. The van der Waals surface area contributed by atoms with Crippen molar-refractivity contribution in [2.45, 2.75) is 0 Å². The summed E-state index contributed by atoms with van der Waals surface area (Å²) in [5, 5.41) is 9.02. The third-order valence-corrected chi connectivity index (χ3v) is 10.1. The average molecular weight is 641 g/mol. The fraction of sp³-hybridized carbons (Fsp3) is 0. The maximum atomic E-state index is 6.64. The lowest BCUT2D eigenvalue weighted by Gasteiger charge is -2.28. The van der Waals surface area contributed by atoms with Crippen LogP contribution in [0.4, 0.5) is 17.1 Å². The first-order chi connectivity index (χ1) is 24.8. The van der Waals surface area contributed by atoms with Crippen molar-refractivity contribution in [2.75, 3.05) is 4.90 Å². The number of furan rings is 2. The molecule has 0 saturated carbocycles. The molecule has 0 fully saturated rings. The number of hydrogen-bond donors (Lipinski definition) is 0. The van der Waals surface area contributed by atoms with Crippen LogP contribution in [0.2, 0.25) is 0 Å². The van der Waals surface area contributed by atoms with Crippen molar-refractivity contribution in [1.82, 2.24) is 4.57 Å². The molecule has 3 aromatic heterocycles. The molecule has 0 atom stereocenters. The summed E-state index contributed by atoms with van der Waals surface area (Å²) in [5.41, 5.74) is 9.95. The van der Waals surface area contributed by atoms with Gasteiger partial charge in [-0.25, -0.2) is 0 Å².